The van der Waals surface area contributed by atoms with Gasteiger partial charge in [0.2, 0.25) is 0 Å². The Balaban J connectivity index is 1.28. The number of nitrogens with zero attached hydrogens (tertiary/aromatic N) is 4. The molecule has 6 rings (SSSR count). The summed E-state index contributed by atoms with van der Waals surface area (Å²) in [5.41, 5.74) is 5.87. The first kappa shape index (κ1) is 23.0. The van der Waals surface area contributed by atoms with Crippen molar-refractivity contribution in [2.24, 2.45) is 0 Å². The molecule has 0 aliphatic rings. The summed E-state index contributed by atoms with van der Waals surface area (Å²) in [5, 5.41) is 6.29. The number of H-pyrrole nitrogens is 1. The molecular weight excluding hydrogens is 485 g/mol. The Bertz CT molecular complexity index is 1780. The highest BCUT2D eigenvalue weighted by atomic mass is 19.1. The van der Waals surface area contributed by atoms with Crippen molar-refractivity contribution in [1.82, 2.24) is 24.9 Å². The number of nitrogens with one attached hydrogen (secondary N) is 3. The van der Waals surface area contributed by atoms with Gasteiger partial charge in [-0.2, -0.15) is 0 Å². The summed E-state index contributed by atoms with van der Waals surface area (Å²) in [6.45, 7) is 1.95. The maximum absolute atomic E-state index is 13.3. The van der Waals surface area contributed by atoms with E-state index < -0.39 is 0 Å². The fourth-order valence-corrected chi connectivity index (χ4v) is 4.13. The first-order valence-corrected chi connectivity index (χ1v) is 11.7. The van der Waals surface area contributed by atoms with Crippen LogP contribution in [0.2, 0.25) is 0 Å². The Morgan fingerprint density at radius 2 is 1.87 bits per heavy atom. The van der Waals surface area contributed by atoms with E-state index in [2.05, 4.69) is 35.6 Å². The Labute approximate surface area is 215 Å². The van der Waals surface area contributed by atoms with Crippen LogP contribution in [-0.4, -0.2) is 30.8 Å². The number of aryl methyl sites for hydroxylation is 1. The van der Waals surface area contributed by atoms with Crippen LogP contribution in [-0.2, 0) is 0 Å². The van der Waals surface area contributed by atoms with E-state index in [4.69, 9.17) is 4.42 Å². The van der Waals surface area contributed by atoms with E-state index in [1.807, 2.05) is 37.3 Å². The van der Waals surface area contributed by atoms with Gasteiger partial charge in [-0.1, -0.05) is 6.07 Å². The number of benzene rings is 2. The van der Waals surface area contributed by atoms with E-state index in [1.54, 1.807) is 30.7 Å². The van der Waals surface area contributed by atoms with Crippen LogP contribution in [0, 0.1) is 12.7 Å². The molecule has 0 aliphatic carbocycles. The Morgan fingerprint density at radius 3 is 2.74 bits per heavy atom. The van der Waals surface area contributed by atoms with Crippen molar-refractivity contribution < 1.29 is 13.6 Å². The zero-order valence-corrected chi connectivity index (χ0v) is 20.1. The molecule has 3 N–H and O–H groups in total. The van der Waals surface area contributed by atoms with E-state index in [-0.39, 0.29) is 11.7 Å². The average molecular weight is 506 g/mol. The zero-order valence-electron chi connectivity index (χ0n) is 20.1. The fraction of sp³-hybridized carbons (Fsp3) is 0.0357. The minimum absolute atomic E-state index is 0.338. The van der Waals surface area contributed by atoms with Crippen LogP contribution in [0.5, 0.6) is 0 Å². The molecule has 1 amide bonds. The summed E-state index contributed by atoms with van der Waals surface area (Å²) < 4.78 is 18.9. The smallest absolute Gasteiger partial charge is 0.259 e. The quantitative estimate of drug-likeness (QED) is 0.249. The second-order valence-electron chi connectivity index (χ2n) is 8.50. The largest absolute Gasteiger partial charge is 0.464 e. The molecule has 0 atom stereocenters. The number of fused-ring (bicyclic) bond motifs is 1. The Hall–Kier alpha value is -5.38. The van der Waals surface area contributed by atoms with E-state index in [9.17, 15) is 9.18 Å². The number of carbonyl (C=O) groups is 1. The summed E-state index contributed by atoms with van der Waals surface area (Å²) in [7, 11) is 0. The third kappa shape index (κ3) is 4.35. The lowest BCUT2D eigenvalue weighted by Gasteiger charge is -2.14. The zero-order chi connectivity index (χ0) is 26.1. The standard InChI is InChI=1S/C28H20FN7O2/c1-16-4-9-19(35-28(37)21-10-12-38-25(21)17-5-7-18(29)8-6-17)13-22(16)36-26-20(3-2-11-30-26)23-24-27(33-14-31-23)34-15-32-24/h2-15H,1H3,(H,30,36)(H,35,37)(H,31,32,33,34). The molecule has 0 unspecified atom stereocenters. The van der Waals surface area contributed by atoms with Gasteiger partial charge in [0, 0.05) is 28.7 Å². The minimum atomic E-state index is -0.365. The summed E-state index contributed by atoms with van der Waals surface area (Å²) >= 11 is 0. The Kier molecular flexibility index (Phi) is 5.81. The normalized spacial score (nSPS) is 11.0. The lowest BCUT2D eigenvalue weighted by atomic mass is 10.1. The molecule has 0 saturated heterocycles. The molecule has 186 valence electrons. The van der Waals surface area contributed by atoms with Crippen molar-refractivity contribution in [2.45, 2.75) is 6.92 Å². The number of hydrogen-bond acceptors (Lipinski definition) is 7. The molecular formula is C28H20FN7O2. The van der Waals surface area contributed by atoms with Gasteiger partial charge in [0.1, 0.15) is 34.9 Å². The van der Waals surface area contributed by atoms with Gasteiger partial charge in [0.05, 0.1) is 18.2 Å². The van der Waals surface area contributed by atoms with E-state index in [1.165, 1.54) is 24.7 Å². The van der Waals surface area contributed by atoms with E-state index in [0.717, 1.165) is 16.8 Å². The maximum Gasteiger partial charge on any atom is 0.259 e. The first-order valence-electron chi connectivity index (χ1n) is 11.7. The Morgan fingerprint density at radius 1 is 1.00 bits per heavy atom. The van der Waals surface area contributed by atoms with Gasteiger partial charge in [0.15, 0.2) is 5.65 Å². The van der Waals surface area contributed by atoms with Crippen molar-refractivity contribution in [3.63, 3.8) is 0 Å². The average Bonchev–Trinajstić information content (AvgIpc) is 3.61. The number of halogens is 1. The van der Waals surface area contributed by atoms with Crippen molar-refractivity contribution in [3.05, 3.63) is 103 Å². The van der Waals surface area contributed by atoms with E-state index in [0.29, 0.717) is 45.3 Å². The van der Waals surface area contributed by atoms with Gasteiger partial charge in [-0.3, -0.25) is 4.79 Å². The highest BCUT2D eigenvalue weighted by Gasteiger charge is 2.18. The number of aromatic amines is 1. The molecule has 0 spiro atoms. The van der Waals surface area contributed by atoms with Gasteiger partial charge >= 0.3 is 0 Å². The monoisotopic (exact) mass is 505 g/mol. The van der Waals surface area contributed by atoms with Gasteiger partial charge in [-0.25, -0.2) is 24.3 Å². The molecule has 0 saturated carbocycles. The van der Waals surface area contributed by atoms with Gasteiger partial charge in [-0.05, 0) is 67.1 Å². The number of furan rings is 1. The minimum Gasteiger partial charge on any atom is -0.464 e. The van der Waals surface area contributed by atoms with Crippen LogP contribution in [0.15, 0.2) is 90.2 Å². The maximum atomic E-state index is 13.3. The number of rotatable bonds is 6. The van der Waals surface area contributed by atoms with Crippen molar-refractivity contribution in [2.75, 3.05) is 10.6 Å². The van der Waals surface area contributed by atoms with Gasteiger partial charge < -0.3 is 20.0 Å². The lowest BCUT2D eigenvalue weighted by Crippen LogP contribution is -2.12. The summed E-state index contributed by atoms with van der Waals surface area (Å²) in [5.74, 6) is 0.222. The highest BCUT2D eigenvalue weighted by molar-refractivity contribution is 6.08. The van der Waals surface area contributed by atoms with E-state index >= 15 is 0 Å². The number of imidazole rings is 1. The predicted molar refractivity (Wildman–Crippen MR) is 141 cm³/mol. The van der Waals surface area contributed by atoms with Crippen LogP contribution in [0.3, 0.4) is 0 Å². The topological polar surface area (TPSA) is 122 Å². The van der Waals surface area contributed by atoms with Crippen LogP contribution in [0.4, 0.5) is 21.6 Å². The van der Waals surface area contributed by atoms with Crippen molar-refractivity contribution in [1.29, 1.82) is 0 Å². The molecule has 38 heavy (non-hydrogen) atoms. The van der Waals surface area contributed by atoms with Crippen molar-refractivity contribution >= 4 is 34.3 Å². The summed E-state index contributed by atoms with van der Waals surface area (Å²) in [6, 6.07) is 16.6. The highest BCUT2D eigenvalue weighted by Crippen LogP contribution is 2.32. The molecule has 0 bridgehead atoms. The van der Waals surface area contributed by atoms with Crippen LogP contribution in [0.1, 0.15) is 15.9 Å². The second kappa shape index (κ2) is 9.58. The summed E-state index contributed by atoms with van der Waals surface area (Å²) in [4.78, 5) is 33.7. The number of anilines is 3. The second-order valence-corrected chi connectivity index (χ2v) is 8.50. The number of carbonyl (C=O) groups excluding carboxylic acids is 1. The van der Waals surface area contributed by atoms with Crippen LogP contribution in [0.25, 0.3) is 33.7 Å². The number of aromatic nitrogens is 5. The molecule has 0 fully saturated rings. The molecule has 4 aromatic heterocycles. The molecule has 0 radical (unpaired) electrons. The number of hydrogen-bond donors (Lipinski definition) is 3. The van der Waals surface area contributed by atoms with Crippen molar-refractivity contribution in [3.8, 4) is 22.6 Å². The summed E-state index contributed by atoms with van der Waals surface area (Å²) in [6.07, 6.45) is 6.17. The van der Waals surface area contributed by atoms with Crippen LogP contribution >= 0.6 is 0 Å². The predicted octanol–water partition coefficient (Wildman–Crippen LogP) is 6.12. The molecule has 2 aromatic carbocycles. The van der Waals surface area contributed by atoms with Crippen LogP contribution < -0.4 is 10.6 Å². The number of pyridine rings is 1. The molecule has 6 aromatic rings. The lowest BCUT2D eigenvalue weighted by molar-refractivity contribution is 0.102. The third-order valence-corrected chi connectivity index (χ3v) is 6.04. The SMILES string of the molecule is Cc1ccc(NC(=O)c2ccoc2-c2ccc(F)cc2)cc1Nc1ncccc1-c1ncnc2[nH]cnc12. The molecule has 9 nitrogen and oxygen atoms in total. The van der Waals surface area contributed by atoms with Gasteiger partial charge in [0.25, 0.3) is 5.91 Å². The fourth-order valence-electron chi connectivity index (χ4n) is 4.13. The molecule has 0 aliphatic heterocycles. The third-order valence-electron chi connectivity index (χ3n) is 6.04. The number of amides is 1. The van der Waals surface area contributed by atoms with Gasteiger partial charge in [-0.15, -0.1) is 0 Å². The molecule has 10 heteroatoms. The molecule has 4 heterocycles. The first-order chi connectivity index (χ1) is 18.6.